The molecule has 0 spiro atoms. The number of ether oxygens (including phenoxy) is 1. The number of carbonyl (C=O) groups excluding carboxylic acids is 1. The summed E-state index contributed by atoms with van der Waals surface area (Å²) in [6, 6.07) is 4.24. The second-order valence-electron chi connectivity index (χ2n) is 7.53. The molecule has 3 N–H and O–H groups in total. The SMILES string of the molecule is CC1CN(c2ccc(CNC(=O)C3CCCC(N)C3)cn2)CC(C)O1. The van der Waals surface area contributed by atoms with Crippen molar-refractivity contribution >= 4 is 11.7 Å². The van der Waals surface area contributed by atoms with Gasteiger partial charge >= 0.3 is 0 Å². The molecule has 2 aliphatic rings. The summed E-state index contributed by atoms with van der Waals surface area (Å²) < 4.78 is 5.77. The van der Waals surface area contributed by atoms with Gasteiger partial charge in [-0.3, -0.25) is 4.79 Å². The van der Waals surface area contributed by atoms with E-state index in [2.05, 4.69) is 29.0 Å². The number of morpholine rings is 1. The summed E-state index contributed by atoms with van der Waals surface area (Å²) in [6.45, 7) is 6.41. The van der Waals surface area contributed by atoms with Gasteiger partial charge < -0.3 is 20.7 Å². The molecule has 6 nitrogen and oxygen atoms in total. The minimum Gasteiger partial charge on any atom is -0.372 e. The molecular formula is C19H30N4O2. The molecule has 138 valence electrons. The number of anilines is 1. The number of hydrogen-bond acceptors (Lipinski definition) is 5. The molecule has 2 fully saturated rings. The second kappa shape index (κ2) is 8.15. The molecule has 1 saturated carbocycles. The zero-order valence-electron chi connectivity index (χ0n) is 15.3. The van der Waals surface area contributed by atoms with Gasteiger partial charge in [0.05, 0.1) is 12.2 Å². The Morgan fingerprint density at radius 3 is 2.72 bits per heavy atom. The number of carbonyl (C=O) groups is 1. The van der Waals surface area contributed by atoms with Crippen molar-refractivity contribution < 1.29 is 9.53 Å². The van der Waals surface area contributed by atoms with E-state index in [1.165, 1.54) is 0 Å². The molecule has 0 bridgehead atoms. The van der Waals surface area contributed by atoms with Crippen LogP contribution in [0, 0.1) is 5.92 Å². The third kappa shape index (κ3) is 4.92. The lowest BCUT2D eigenvalue weighted by Crippen LogP contribution is -2.45. The zero-order valence-corrected chi connectivity index (χ0v) is 15.3. The van der Waals surface area contributed by atoms with Crippen LogP contribution in [0.1, 0.15) is 45.1 Å². The van der Waals surface area contributed by atoms with Crippen molar-refractivity contribution in [1.29, 1.82) is 0 Å². The summed E-state index contributed by atoms with van der Waals surface area (Å²) in [5, 5.41) is 3.03. The fourth-order valence-corrected chi connectivity index (χ4v) is 3.87. The Balaban J connectivity index is 1.51. The van der Waals surface area contributed by atoms with Gasteiger partial charge in [-0.2, -0.15) is 0 Å². The average Bonchev–Trinajstić information content (AvgIpc) is 2.59. The predicted molar refractivity (Wildman–Crippen MR) is 98.2 cm³/mol. The molecule has 4 unspecified atom stereocenters. The minimum absolute atomic E-state index is 0.0623. The van der Waals surface area contributed by atoms with Gasteiger partial charge in [-0.1, -0.05) is 12.5 Å². The average molecular weight is 346 g/mol. The van der Waals surface area contributed by atoms with Crippen molar-refractivity contribution in [3.8, 4) is 0 Å². The molecule has 25 heavy (non-hydrogen) atoms. The van der Waals surface area contributed by atoms with Gasteiger partial charge in [-0.15, -0.1) is 0 Å². The number of hydrogen-bond donors (Lipinski definition) is 2. The number of rotatable bonds is 4. The van der Waals surface area contributed by atoms with Gasteiger partial charge in [-0.05, 0) is 44.7 Å². The molecule has 0 radical (unpaired) electrons. The van der Waals surface area contributed by atoms with Crippen LogP contribution in [0.15, 0.2) is 18.3 Å². The topological polar surface area (TPSA) is 80.5 Å². The largest absolute Gasteiger partial charge is 0.372 e. The Bertz CT molecular complexity index is 567. The van der Waals surface area contributed by atoms with E-state index >= 15 is 0 Å². The van der Waals surface area contributed by atoms with Gasteiger partial charge in [0, 0.05) is 37.8 Å². The quantitative estimate of drug-likeness (QED) is 0.869. The molecule has 1 aliphatic heterocycles. The van der Waals surface area contributed by atoms with Crippen LogP contribution in [-0.4, -0.2) is 42.2 Å². The molecule has 1 amide bonds. The number of pyridine rings is 1. The van der Waals surface area contributed by atoms with E-state index in [1.807, 2.05) is 18.3 Å². The van der Waals surface area contributed by atoms with E-state index in [9.17, 15) is 4.79 Å². The van der Waals surface area contributed by atoms with Gasteiger partial charge in [0.1, 0.15) is 5.82 Å². The van der Waals surface area contributed by atoms with Crippen LogP contribution in [0.2, 0.25) is 0 Å². The van der Waals surface area contributed by atoms with Gasteiger partial charge in [0.2, 0.25) is 5.91 Å². The highest BCUT2D eigenvalue weighted by atomic mass is 16.5. The molecule has 1 aliphatic carbocycles. The van der Waals surface area contributed by atoms with Crippen molar-refractivity contribution in [3.05, 3.63) is 23.9 Å². The molecule has 0 aromatic carbocycles. The van der Waals surface area contributed by atoms with Crippen LogP contribution in [-0.2, 0) is 16.1 Å². The Hall–Kier alpha value is -1.66. The zero-order chi connectivity index (χ0) is 17.8. The molecular weight excluding hydrogens is 316 g/mol. The van der Waals surface area contributed by atoms with Crippen molar-refractivity contribution in [2.45, 2.75) is 64.3 Å². The molecule has 1 aromatic rings. The van der Waals surface area contributed by atoms with E-state index in [1.54, 1.807) is 0 Å². The van der Waals surface area contributed by atoms with Gasteiger partial charge in [-0.25, -0.2) is 4.98 Å². The van der Waals surface area contributed by atoms with Crippen LogP contribution in [0.5, 0.6) is 0 Å². The molecule has 1 aromatic heterocycles. The van der Waals surface area contributed by atoms with Crippen LogP contribution < -0.4 is 16.0 Å². The van der Waals surface area contributed by atoms with Crippen molar-refractivity contribution in [2.75, 3.05) is 18.0 Å². The number of nitrogens with one attached hydrogen (secondary N) is 1. The third-order valence-corrected chi connectivity index (χ3v) is 5.11. The Morgan fingerprint density at radius 2 is 2.08 bits per heavy atom. The maximum absolute atomic E-state index is 12.3. The highest BCUT2D eigenvalue weighted by Gasteiger charge is 2.25. The minimum atomic E-state index is 0.0623. The number of nitrogens with two attached hydrogens (primary N) is 1. The van der Waals surface area contributed by atoms with Gasteiger partial charge in [0.25, 0.3) is 0 Å². The normalized spacial score (nSPS) is 30.1. The standard InChI is InChI=1S/C19H30N4O2/c1-13-11-23(12-14(2)25-13)18-7-6-15(9-21-18)10-22-19(24)16-4-3-5-17(20)8-16/h6-7,9,13-14,16-17H,3-5,8,10-12,20H2,1-2H3,(H,22,24). The van der Waals surface area contributed by atoms with Crippen LogP contribution >= 0.6 is 0 Å². The fourth-order valence-electron chi connectivity index (χ4n) is 3.87. The lowest BCUT2D eigenvalue weighted by Gasteiger charge is -2.36. The van der Waals surface area contributed by atoms with E-state index in [0.717, 1.165) is 50.2 Å². The molecule has 4 atom stereocenters. The Labute approximate surface area is 150 Å². The fraction of sp³-hybridized carbons (Fsp3) is 0.684. The van der Waals surface area contributed by atoms with Crippen LogP contribution in [0.25, 0.3) is 0 Å². The van der Waals surface area contributed by atoms with Crippen molar-refractivity contribution in [1.82, 2.24) is 10.3 Å². The molecule has 1 saturated heterocycles. The highest BCUT2D eigenvalue weighted by Crippen LogP contribution is 2.23. The van der Waals surface area contributed by atoms with E-state index < -0.39 is 0 Å². The van der Waals surface area contributed by atoms with Crippen molar-refractivity contribution in [2.24, 2.45) is 11.7 Å². The van der Waals surface area contributed by atoms with Gasteiger partial charge in [0.15, 0.2) is 0 Å². The van der Waals surface area contributed by atoms with E-state index in [-0.39, 0.29) is 30.1 Å². The summed E-state index contributed by atoms with van der Waals surface area (Å²) in [7, 11) is 0. The first-order valence-electron chi connectivity index (χ1n) is 9.40. The van der Waals surface area contributed by atoms with Crippen LogP contribution in [0.4, 0.5) is 5.82 Å². The first kappa shape index (κ1) is 18.1. The Kier molecular flexibility index (Phi) is 5.91. The highest BCUT2D eigenvalue weighted by molar-refractivity contribution is 5.78. The second-order valence-corrected chi connectivity index (χ2v) is 7.53. The summed E-state index contributed by atoms with van der Waals surface area (Å²) in [4.78, 5) is 19.1. The maximum atomic E-state index is 12.3. The first-order chi connectivity index (χ1) is 12.0. The molecule has 3 rings (SSSR count). The van der Waals surface area contributed by atoms with E-state index in [4.69, 9.17) is 10.5 Å². The lowest BCUT2D eigenvalue weighted by molar-refractivity contribution is -0.126. The number of nitrogens with zero attached hydrogens (tertiary/aromatic N) is 2. The number of aromatic nitrogens is 1. The smallest absolute Gasteiger partial charge is 0.223 e. The summed E-state index contributed by atoms with van der Waals surface area (Å²) in [5.41, 5.74) is 6.99. The lowest BCUT2D eigenvalue weighted by atomic mass is 9.85. The molecule has 2 heterocycles. The predicted octanol–water partition coefficient (Wildman–Crippen LogP) is 1.83. The third-order valence-electron chi connectivity index (χ3n) is 5.11. The summed E-state index contributed by atoms with van der Waals surface area (Å²) in [5.74, 6) is 1.15. The maximum Gasteiger partial charge on any atom is 0.223 e. The summed E-state index contributed by atoms with van der Waals surface area (Å²) >= 11 is 0. The monoisotopic (exact) mass is 346 g/mol. The Morgan fingerprint density at radius 1 is 1.32 bits per heavy atom. The van der Waals surface area contributed by atoms with E-state index in [0.29, 0.717) is 6.54 Å². The van der Waals surface area contributed by atoms with Crippen LogP contribution in [0.3, 0.4) is 0 Å². The number of amides is 1. The molecule has 6 heteroatoms. The first-order valence-corrected chi connectivity index (χ1v) is 9.40. The van der Waals surface area contributed by atoms with Crippen molar-refractivity contribution in [3.63, 3.8) is 0 Å². The summed E-state index contributed by atoms with van der Waals surface area (Å²) in [6.07, 6.45) is 6.12.